The topological polar surface area (TPSA) is 80.0 Å². The lowest BCUT2D eigenvalue weighted by Gasteiger charge is -2.15. The lowest BCUT2D eigenvalue weighted by molar-refractivity contribution is 0.0641. The third kappa shape index (κ3) is 4.45. The summed E-state index contributed by atoms with van der Waals surface area (Å²) in [5.74, 6) is -1.11. The SMILES string of the molecule is CCc1oc(C(=O)N(C)CCOCc2ccccc2)cc1C(=O)O. The zero-order chi connectivity index (χ0) is 17.5. The second-order valence-electron chi connectivity index (χ2n) is 5.37. The number of nitrogens with zero attached hydrogens (tertiary/aromatic N) is 1. The van der Waals surface area contributed by atoms with Crippen LogP contribution in [0.1, 0.15) is 39.2 Å². The van der Waals surface area contributed by atoms with E-state index in [1.54, 1.807) is 14.0 Å². The lowest BCUT2D eigenvalue weighted by Crippen LogP contribution is -2.29. The number of amides is 1. The highest BCUT2D eigenvalue weighted by Gasteiger charge is 2.22. The molecule has 0 saturated carbocycles. The number of furan rings is 1. The normalized spacial score (nSPS) is 10.6. The number of benzene rings is 1. The Morgan fingerprint density at radius 2 is 1.96 bits per heavy atom. The molecule has 0 bridgehead atoms. The van der Waals surface area contributed by atoms with Gasteiger partial charge in [-0.15, -0.1) is 0 Å². The zero-order valence-electron chi connectivity index (χ0n) is 13.8. The Labute approximate surface area is 140 Å². The van der Waals surface area contributed by atoms with Crippen molar-refractivity contribution in [2.45, 2.75) is 20.0 Å². The minimum absolute atomic E-state index is 0.0366. The molecular weight excluding hydrogens is 310 g/mol. The Morgan fingerprint density at radius 3 is 2.54 bits per heavy atom. The molecule has 0 fully saturated rings. The van der Waals surface area contributed by atoms with Crippen LogP contribution in [0.4, 0.5) is 0 Å². The molecule has 0 aliphatic rings. The standard InChI is InChI=1S/C18H21NO5/c1-3-15-14(18(21)22)11-16(24-15)17(20)19(2)9-10-23-12-13-7-5-4-6-8-13/h4-8,11H,3,9-10,12H2,1-2H3,(H,21,22). The summed E-state index contributed by atoms with van der Waals surface area (Å²) in [5, 5.41) is 9.11. The fourth-order valence-corrected chi connectivity index (χ4v) is 2.23. The molecule has 128 valence electrons. The van der Waals surface area contributed by atoms with Crippen LogP contribution >= 0.6 is 0 Å². The highest BCUT2D eigenvalue weighted by atomic mass is 16.5. The van der Waals surface area contributed by atoms with Crippen molar-refractivity contribution in [3.8, 4) is 0 Å². The maximum atomic E-state index is 12.3. The van der Waals surface area contributed by atoms with Gasteiger partial charge in [0.25, 0.3) is 5.91 Å². The first-order valence-electron chi connectivity index (χ1n) is 7.76. The van der Waals surface area contributed by atoms with E-state index in [0.717, 1.165) is 5.56 Å². The molecule has 1 N–H and O–H groups in total. The number of carboxylic acid groups (broad SMARTS) is 1. The molecule has 0 spiro atoms. The fourth-order valence-electron chi connectivity index (χ4n) is 2.23. The van der Waals surface area contributed by atoms with Crippen molar-refractivity contribution in [1.29, 1.82) is 0 Å². The summed E-state index contributed by atoms with van der Waals surface area (Å²) in [6.07, 6.45) is 0.415. The van der Waals surface area contributed by atoms with Gasteiger partial charge < -0.3 is 19.2 Å². The summed E-state index contributed by atoms with van der Waals surface area (Å²) in [6.45, 7) is 3.02. The minimum atomic E-state index is -1.09. The summed E-state index contributed by atoms with van der Waals surface area (Å²) >= 11 is 0. The van der Waals surface area contributed by atoms with Gasteiger partial charge in [0, 0.05) is 26.1 Å². The molecule has 0 aliphatic carbocycles. The van der Waals surface area contributed by atoms with Crippen molar-refractivity contribution in [3.05, 3.63) is 59.0 Å². The van der Waals surface area contributed by atoms with Crippen LogP contribution in [-0.4, -0.2) is 42.1 Å². The highest BCUT2D eigenvalue weighted by molar-refractivity contribution is 5.96. The Balaban J connectivity index is 1.87. The van der Waals surface area contributed by atoms with E-state index in [9.17, 15) is 9.59 Å². The number of carbonyl (C=O) groups excluding carboxylic acids is 1. The van der Waals surface area contributed by atoms with E-state index >= 15 is 0 Å². The summed E-state index contributed by atoms with van der Waals surface area (Å²) in [6, 6.07) is 11.0. The van der Waals surface area contributed by atoms with Crippen molar-refractivity contribution in [3.63, 3.8) is 0 Å². The fraction of sp³-hybridized carbons (Fsp3) is 0.333. The molecule has 6 nitrogen and oxygen atoms in total. The molecule has 1 amide bonds. The Bertz CT molecular complexity index is 693. The summed E-state index contributed by atoms with van der Waals surface area (Å²) in [4.78, 5) is 24.9. The Hall–Kier alpha value is -2.60. The zero-order valence-corrected chi connectivity index (χ0v) is 13.8. The van der Waals surface area contributed by atoms with Crippen molar-refractivity contribution < 1.29 is 23.8 Å². The number of likely N-dealkylation sites (N-methyl/N-ethyl adjacent to an activating group) is 1. The molecule has 0 radical (unpaired) electrons. The van der Waals surface area contributed by atoms with Crippen LogP contribution in [0.2, 0.25) is 0 Å². The van der Waals surface area contributed by atoms with E-state index in [4.69, 9.17) is 14.3 Å². The van der Waals surface area contributed by atoms with Gasteiger partial charge in [-0.25, -0.2) is 4.79 Å². The van der Waals surface area contributed by atoms with Gasteiger partial charge in [-0.05, 0) is 5.56 Å². The average Bonchev–Trinajstić information content (AvgIpc) is 3.03. The summed E-state index contributed by atoms with van der Waals surface area (Å²) in [5.41, 5.74) is 1.10. The molecule has 6 heteroatoms. The molecule has 24 heavy (non-hydrogen) atoms. The van der Waals surface area contributed by atoms with E-state index in [1.807, 2.05) is 30.3 Å². The van der Waals surface area contributed by atoms with Crippen LogP contribution in [0.5, 0.6) is 0 Å². The molecular formula is C18H21NO5. The third-order valence-corrected chi connectivity index (χ3v) is 3.60. The van der Waals surface area contributed by atoms with Crippen LogP contribution in [0.3, 0.4) is 0 Å². The summed E-state index contributed by atoms with van der Waals surface area (Å²) < 4.78 is 10.9. The highest BCUT2D eigenvalue weighted by Crippen LogP contribution is 2.17. The smallest absolute Gasteiger partial charge is 0.339 e. The third-order valence-electron chi connectivity index (χ3n) is 3.60. The molecule has 2 rings (SSSR count). The maximum Gasteiger partial charge on any atom is 0.339 e. The van der Waals surface area contributed by atoms with Crippen LogP contribution in [0.15, 0.2) is 40.8 Å². The maximum absolute atomic E-state index is 12.3. The van der Waals surface area contributed by atoms with Gasteiger partial charge in [-0.2, -0.15) is 0 Å². The molecule has 1 aromatic heterocycles. The molecule has 0 aliphatic heterocycles. The number of rotatable bonds is 8. The first-order chi connectivity index (χ1) is 11.5. The van der Waals surface area contributed by atoms with Crippen LogP contribution in [-0.2, 0) is 17.8 Å². The Morgan fingerprint density at radius 1 is 1.25 bits per heavy atom. The van der Waals surface area contributed by atoms with Crippen molar-refractivity contribution in [1.82, 2.24) is 4.90 Å². The van der Waals surface area contributed by atoms with Crippen LogP contribution in [0.25, 0.3) is 0 Å². The van der Waals surface area contributed by atoms with Gasteiger partial charge in [0.2, 0.25) is 0 Å². The van der Waals surface area contributed by atoms with Gasteiger partial charge in [0.1, 0.15) is 11.3 Å². The van der Waals surface area contributed by atoms with Crippen molar-refractivity contribution in [2.24, 2.45) is 0 Å². The number of carboxylic acids is 1. The molecule has 1 aromatic carbocycles. The van der Waals surface area contributed by atoms with Crippen LogP contribution in [0, 0.1) is 0 Å². The van der Waals surface area contributed by atoms with E-state index in [2.05, 4.69) is 0 Å². The first kappa shape index (κ1) is 17.7. The first-order valence-corrected chi connectivity index (χ1v) is 7.76. The second-order valence-corrected chi connectivity index (χ2v) is 5.37. The van der Waals surface area contributed by atoms with Crippen LogP contribution < -0.4 is 0 Å². The number of carbonyl (C=O) groups is 2. The molecule has 0 saturated heterocycles. The van der Waals surface area contributed by atoms with Gasteiger partial charge in [-0.1, -0.05) is 37.3 Å². The number of hydrogen-bond donors (Lipinski definition) is 1. The van der Waals surface area contributed by atoms with E-state index in [1.165, 1.54) is 11.0 Å². The van der Waals surface area contributed by atoms with E-state index in [0.29, 0.717) is 31.9 Å². The predicted molar refractivity (Wildman–Crippen MR) is 88.1 cm³/mol. The largest absolute Gasteiger partial charge is 0.478 e. The average molecular weight is 331 g/mol. The molecule has 0 unspecified atom stereocenters. The quantitative estimate of drug-likeness (QED) is 0.752. The minimum Gasteiger partial charge on any atom is -0.478 e. The number of aromatic carboxylic acids is 1. The van der Waals surface area contributed by atoms with Gasteiger partial charge in [-0.3, -0.25) is 4.79 Å². The van der Waals surface area contributed by atoms with E-state index in [-0.39, 0.29) is 17.2 Å². The van der Waals surface area contributed by atoms with Gasteiger partial charge in [0.05, 0.1) is 13.2 Å². The Kier molecular flexibility index (Phi) is 6.14. The second kappa shape index (κ2) is 8.31. The van der Waals surface area contributed by atoms with E-state index < -0.39 is 5.97 Å². The van der Waals surface area contributed by atoms with Crippen molar-refractivity contribution in [2.75, 3.05) is 20.2 Å². The lowest BCUT2D eigenvalue weighted by atomic mass is 10.2. The molecule has 2 aromatic rings. The number of aryl methyl sites for hydroxylation is 1. The van der Waals surface area contributed by atoms with Gasteiger partial charge in [0.15, 0.2) is 5.76 Å². The van der Waals surface area contributed by atoms with Gasteiger partial charge >= 0.3 is 5.97 Å². The van der Waals surface area contributed by atoms with Crippen molar-refractivity contribution >= 4 is 11.9 Å². The number of hydrogen-bond acceptors (Lipinski definition) is 4. The summed E-state index contributed by atoms with van der Waals surface area (Å²) in [7, 11) is 1.63. The monoisotopic (exact) mass is 331 g/mol. The predicted octanol–water partition coefficient (Wildman–Crippen LogP) is 2.83. The number of ether oxygens (including phenoxy) is 1. The molecule has 1 heterocycles. The molecule has 0 atom stereocenters.